The summed E-state index contributed by atoms with van der Waals surface area (Å²) in [5, 5.41) is 0. The predicted octanol–water partition coefficient (Wildman–Crippen LogP) is 2.26. The standard InChI is InChI=1S/C15H19NO4/c1-4-16(10-12(2)3)14(17)11-20-15(18)8-7-13-6-5-9-19-13/h5-9H,2,4,10-11H2,1,3H3/b8-7+. The van der Waals surface area contributed by atoms with Crippen LogP contribution in [0, 0.1) is 0 Å². The molecule has 0 aliphatic carbocycles. The molecule has 5 heteroatoms. The largest absolute Gasteiger partial charge is 0.465 e. The molecule has 1 aromatic heterocycles. The van der Waals surface area contributed by atoms with Crippen molar-refractivity contribution in [3.05, 3.63) is 42.4 Å². The van der Waals surface area contributed by atoms with Crippen LogP contribution in [-0.4, -0.2) is 36.5 Å². The Hall–Kier alpha value is -2.30. The zero-order valence-electron chi connectivity index (χ0n) is 11.8. The smallest absolute Gasteiger partial charge is 0.331 e. The Bertz CT molecular complexity index is 488. The second kappa shape index (κ2) is 7.99. The lowest BCUT2D eigenvalue weighted by atomic mass is 10.3. The van der Waals surface area contributed by atoms with Crippen molar-refractivity contribution in [3.8, 4) is 0 Å². The summed E-state index contributed by atoms with van der Waals surface area (Å²) < 4.78 is 9.91. The first-order valence-corrected chi connectivity index (χ1v) is 6.33. The number of nitrogens with zero attached hydrogens (tertiary/aromatic N) is 1. The number of carbonyl (C=O) groups is 2. The molecule has 1 heterocycles. The van der Waals surface area contributed by atoms with Crippen molar-refractivity contribution in [2.75, 3.05) is 19.7 Å². The highest BCUT2D eigenvalue weighted by molar-refractivity contribution is 5.88. The molecule has 108 valence electrons. The molecule has 0 aromatic carbocycles. The van der Waals surface area contributed by atoms with Crippen molar-refractivity contribution in [2.24, 2.45) is 0 Å². The van der Waals surface area contributed by atoms with Gasteiger partial charge in [0, 0.05) is 19.2 Å². The lowest BCUT2D eigenvalue weighted by molar-refractivity contribution is -0.147. The molecule has 0 radical (unpaired) electrons. The van der Waals surface area contributed by atoms with Crippen LogP contribution >= 0.6 is 0 Å². The third kappa shape index (κ3) is 5.56. The van der Waals surface area contributed by atoms with Crippen LogP contribution in [0.4, 0.5) is 0 Å². The summed E-state index contributed by atoms with van der Waals surface area (Å²) in [6.07, 6.45) is 4.21. The third-order valence-electron chi connectivity index (χ3n) is 2.46. The highest BCUT2D eigenvalue weighted by Gasteiger charge is 2.13. The average molecular weight is 277 g/mol. The molecule has 20 heavy (non-hydrogen) atoms. The third-order valence-corrected chi connectivity index (χ3v) is 2.46. The van der Waals surface area contributed by atoms with E-state index >= 15 is 0 Å². The van der Waals surface area contributed by atoms with Crippen molar-refractivity contribution < 1.29 is 18.7 Å². The zero-order chi connectivity index (χ0) is 15.0. The van der Waals surface area contributed by atoms with Gasteiger partial charge in [0.25, 0.3) is 5.91 Å². The van der Waals surface area contributed by atoms with E-state index in [-0.39, 0.29) is 12.5 Å². The fourth-order valence-electron chi connectivity index (χ4n) is 1.51. The van der Waals surface area contributed by atoms with Gasteiger partial charge in [-0.1, -0.05) is 12.2 Å². The average Bonchev–Trinajstić information content (AvgIpc) is 2.92. The molecule has 0 saturated heterocycles. The highest BCUT2D eigenvalue weighted by Crippen LogP contribution is 2.02. The maximum Gasteiger partial charge on any atom is 0.331 e. The van der Waals surface area contributed by atoms with Crippen molar-refractivity contribution in [2.45, 2.75) is 13.8 Å². The van der Waals surface area contributed by atoms with Gasteiger partial charge in [-0.15, -0.1) is 0 Å². The SMILES string of the molecule is C=C(C)CN(CC)C(=O)COC(=O)/C=C/c1ccco1. The molecule has 0 N–H and O–H groups in total. The Morgan fingerprint density at radius 2 is 2.25 bits per heavy atom. The Morgan fingerprint density at radius 1 is 1.50 bits per heavy atom. The zero-order valence-corrected chi connectivity index (χ0v) is 11.8. The number of amides is 1. The second-order valence-corrected chi connectivity index (χ2v) is 4.32. The van der Waals surface area contributed by atoms with E-state index in [2.05, 4.69) is 6.58 Å². The Labute approximate surface area is 118 Å². The minimum absolute atomic E-state index is 0.241. The molecular formula is C15H19NO4. The summed E-state index contributed by atoms with van der Waals surface area (Å²) in [7, 11) is 0. The van der Waals surface area contributed by atoms with Crippen molar-refractivity contribution in [1.82, 2.24) is 4.90 Å². The van der Waals surface area contributed by atoms with E-state index in [1.54, 1.807) is 17.0 Å². The molecule has 0 saturated carbocycles. The van der Waals surface area contributed by atoms with Gasteiger partial charge in [-0.25, -0.2) is 4.79 Å². The molecule has 0 aliphatic rings. The van der Waals surface area contributed by atoms with E-state index in [1.165, 1.54) is 18.4 Å². The van der Waals surface area contributed by atoms with Gasteiger partial charge in [0.15, 0.2) is 6.61 Å². The normalized spacial score (nSPS) is 10.5. The quantitative estimate of drug-likeness (QED) is 0.436. The maximum atomic E-state index is 11.8. The molecular weight excluding hydrogens is 258 g/mol. The number of rotatable bonds is 7. The molecule has 1 amide bonds. The van der Waals surface area contributed by atoms with Crippen LogP contribution in [-0.2, 0) is 14.3 Å². The van der Waals surface area contributed by atoms with Crippen molar-refractivity contribution in [3.63, 3.8) is 0 Å². The minimum atomic E-state index is -0.582. The molecule has 5 nitrogen and oxygen atoms in total. The van der Waals surface area contributed by atoms with Crippen LogP contribution in [0.2, 0.25) is 0 Å². The fraction of sp³-hybridized carbons (Fsp3) is 0.333. The minimum Gasteiger partial charge on any atom is -0.465 e. The summed E-state index contributed by atoms with van der Waals surface area (Å²) in [4.78, 5) is 24.8. The van der Waals surface area contributed by atoms with Crippen LogP contribution in [0.15, 0.2) is 41.0 Å². The lowest BCUT2D eigenvalue weighted by Crippen LogP contribution is -2.35. The van der Waals surface area contributed by atoms with E-state index in [1.807, 2.05) is 13.8 Å². The summed E-state index contributed by atoms with van der Waals surface area (Å²) >= 11 is 0. The van der Waals surface area contributed by atoms with Crippen LogP contribution < -0.4 is 0 Å². The molecule has 0 spiro atoms. The van der Waals surface area contributed by atoms with Crippen LogP contribution in [0.1, 0.15) is 19.6 Å². The number of likely N-dealkylation sites (N-methyl/N-ethyl adjacent to an activating group) is 1. The summed E-state index contributed by atoms with van der Waals surface area (Å²) in [5.41, 5.74) is 0.879. The number of esters is 1. The first-order valence-electron chi connectivity index (χ1n) is 6.33. The molecule has 1 aromatic rings. The number of hydrogen-bond acceptors (Lipinski definition) is 4. The number of ether oxygens (including phenoxy) is 1. The first kappa shape index (κ1) is 15.8. The number of hydrogen-bond donors (Lipinski definition) is 0. The lowest BCUT2D eigenvalue weighted by Gasteiger charge is -2.20. The predicted molar refractivity (Wildman–Crippen MR) is 75.8 cm³/mol. The molecule has 0 atom stereocenters. The topological polar surface area (TPSA) is 59.8 Å². The van der Waals surface area contributed by atoms with Gasteiger partial charge >= 0.3 is 5.97 Å². The Balaban J connectivity index is 2.39. The van der Waals surface area contributed by atoms with E-state index in [9.17, 15) is 9.59 Å². The van der Waals surface area contributed by atoms with Gasteiger partial charge in [0.2, 0.25) is 0 Å². The first-order chi connectivity index (χ1) is 9.52. The highest BCUT2D eigenvalue weighted by atomic mass is 16.5. The van der Waals surface area contributed by atoms with Crippen LogP contribution in [0.5, 0.6) is 0 Å². The van der Waals surface area contributed by atoms with Crippen molar-refractivity contribution in [1.29, 1.82) is 0 Å². The van der Waals surface area contributed by atoms with E-state index in [4.69, 9.17) is 9.15 Å². The molecule has 0 aliphatic heterocycles. The maximum absolute atomic E-state index is 11.8. The summed E-state index contributed by atoms with van der Waals surface area (Å²) in [5.74, 6) is -0.276. The van der Waals surface area contributed by atoms with Gasteiger partial charge in [0.05, 0.1) is 6.26 Å². The van der Waals surface area contributed by atoms with Crippen molar-refractivity contribution >= 4 is 18.0 Å². The fourth-order valence-corrected chi connectivity index (χ4v) is 1.51. The van der Waals surface area contributed by atoms with Gasteiger partial charge in [0.1, 0.15) is 5.76 Å². The summed E-state index contributed by atoms with van der Waals surface area (Å²) in [6, 6.07) is 3.42. The second-order valence-electron chi connectivity index (χ2n) is 4.32. The van der Waals surface area contributed by atoms with E-state index < -0.39 is 5.97 Å². The Kier molecular flexibility index (Phi) is 6.29. The van der Waals surface area contributed by atoms with Crippen LogP contribution in [0.3, 0.4) is 0 Å². The molecule has 1 rings (SSSR count). The monoisotopic (exact) mass is 277 g/mol. The van der Waals surface area contributed by atoms with E-state index in [0.717, 1.165) is 5.57 Å². The molecule has 0 bridgehead atoms. The van der Waals surface area contributed by atoms with Gasteiger partial charge in [-0.2, -0.15) is 0 Å². The van der Waals surface area contributed by atoms with Gasteiger partial charge < -0.3 is 14.1 Å². The molecule has 0 unspecified atom stereocenters. The summed E-state index contributed by atoms with van der Waals surface area (Å²) in [6.45, 7) is 8.20. The van der Waals surface area contributed by atoms with Crippen LogP contribution in [0.25, 0.3) is 6.08 Å². The molecule has 0 fully saturated rings. The van der Waals surface area contributed by atoms with Gasteiger partial charge in [-0.3, -0.25) is 4.79 Å². The Morgan fingerprint density at radius 3 is 2.80 bits per heavy atom. The number of carbonyl (C=O) groups excluding carboxylic acids is 2. The van der Waals surface area contributed by atoms with E-state index in [0.29, 0.717) is 18.8 Å². The van der Waals surface area contributed by atoms with Gasteiger partial charge in [-0.05, 0) is 32.1 Å². The number of furan rings is 1.